The second-order valence-corrected chi connectivity index (χ2v) is 1.11. The van der Waals surface area contributed by atoms with Crippen molar-refractivity contribution in [2.45, 2.75) is 6.29 Å². The van der Waals surface area contributed by atoms with Crippen molar-refractivity contribution in [2.24, 2.45) is 0 Å². The summed E-state index contributed by atoms with van der Waals surface area (Å²) >= 11 is 3.56. The number of hydrogen-bond acceptors (Lipinski definition) is 4. The Morgan fingerprint density at radius 1 is 1.83 bits per heavy atom. The molecule has 1 unspecified atom stereocenters. The third kappa shape index (κ3) is 2.47. The average Bonchev–Trinajstić information content (AvgIpc) is 1.65. The van der Waals surface area contributed by atoms with Gasteiger partial charge in [-0.25, -0.2) is 10.1 Å². The Balaban J connectivity index is 2.75. The highest BCUT2D eigenvalue weighted by atomic mass is 32.1. The van der Waals surface area contributed by atoms with E-state index in [1.807, 2.05) is 0 Å². The van der Waals surface area contributed by atoms with Gasteiger partial charge in [0.2, 0.25) is 0 Å². The van der Waals surface area contributed by atoms with E-state index in [2.05, 4.69) is 17.5 Å². The molecule has 0 saturated carbocycles. The fraction of sp³-hybridized carbons (Fsp3) is 1.00. The Morgan fingerprint density at radius 3 is 2.33 bits per heavy atom. The summed E-state index contributed by atoms with van der Waals surface area (Å²) in [4.78, 5) is 3.38. The second kappa shape index (κ2) is 3.42. The molecule has 0 spiro atoms. The van der Waals surface area contributed by atoms with E-state index in [1.54, 1.807) is 0 Å². The molecule has 2 N–H and O–H groups in total. The molecule has 0 radical (unpaired) electrons. The summed E-state index contributed by atoms with van der Waals surface area (Å²) in [6.45, 7) is 0. The first-order chi connectivity index (χ1) is 2.81. The van der Waals surface area contributed by atoms with Crippen molar-refractivity contribution in [2.75, 3.05) is 5.75 Å². The van der Waals surface area contributed by atoms with E-state index in [0.29, 0.717) is 0 Å². The molecule has 0 aliphatic carbocycles. The van der Waals surface area contributed by atoms with Crippen LogP contribution in [0.1, 0.15) is 0 Å². The molecule has 0 bridgehead atoms. The lowest BCUT2D eigenvalue weighted by Gasteiger charge is -1.97. The minimum absolute atomic E-state index is 0.108. The van der Waals surface area contributed by atoms with Crippen molar-refractivity contribution in [3.05, 3.63) is 0 Å². The van der Waals surface area contributed by atoms with Gasteiger partial charge in [-0.1, -0.05) is 0 Å². The average molecular weight is 110 g/mol. The quantitative estimate of drug-likeness (QED) is 0.198. The molecule has 3 nitrogen and oxygen atoms in total. The molecule has 0 aromatic rings. The summed E-state index contributed by atoms with van der Waals surface area (Å²) in [5.74, 6) is 0.108. The van der Waals surface area contributed by atoms with Gasteiger partial charge in [0, 0.05) is 5.75 Å². The van der Waals surface area contributed by atoms with Gasteiger partial charge < -0.3 is 5.11 Å². The maximum Gasteiger partial charge on any atom is 0.197 e. The van der Waals surface area contributed by atoms with Crippen molar-refractivity contribution >= 4 is 12.6 Å². The Kier molecular flexibility index (Phi) is 3.55. The van der Waals surface area contributed by atoms with Gasteiger partial charge in [-0.15, -0.1) is 0 Å². The molecule has 0 aromatic carbocycles. The van der Waals surface area contributed by atoms with Gasteiger partial charge >= 0.3 is 0 Å². The molecule has 0 fully saturated rings. The largest absolute Gasteiger partial charge is 0.365 e. The number of thiol groups is 1. The molecule has 1 atom stereocenters. The predicted octanol–water partition coefficient (Wildman–Crippen LogP) is -0.276. The third-order valence-corrected chi connectivity index (χ3v) is 0.590. The molecule has 38 valence electrons. The highest BCUT2D eigenvalue weighted by Gasteiger charge is 1.94. The minimum atomic E-state index is -1.15. The van der Waals surface area contributed by atoms with Crippen LogP contribution in [0.3, 0.4) is 0 Å². The lowest BCUT2D eigenvalue weighted by atomic mass is 10.8. The summed E-state index contributed by atoms with van der Waals surface area (Å²) in [5.41, 5.74) is 0. The molecular formula is C2H6O3S. The first-order valence-electron chi connectivity index (χ1n) is 1.40. The van der Waals surface area contributed by atoms with Crippen LogP contribution in [0.5, 0.6) is 0 Å². The van der Waals surface area contributed by atoms with Crippen molar-refractivity contribution < 1.29 is 15.3 Å². The van der Waals surface area contributed by atoms with Gasteiger partial charge in [-0.05, 0) is 0 Å². The minimum Gasteiger partial charge on any atom is -0.365 e. The molecule has 4 heteroatoms. The zero-order valence-corrected chi connectivity index (χ0v) is 3.93. The molecule has 0 aromatic heterocycles. The van der Waals surface area contributed by atoms with Crippen LogP contribution in [0.15, 0.2) is 0 Å². The molecule has 6 heavy (non-hydrogen) atoms. The van der Waals surface area contributed by atoms with E-state index in [9.17, 15) is 0 Å². The van der Waals surface area contributed by atoms with Crippen molar-refractivity contribution in [3.8, 4) is 0 Å². The summed E-state index contributed by atoms with van der Waals surface area (Å²) in [6, 6.07) is 0. The lowest BCUT2D eigenvalue weighted by molar-refractivity contribution is -0.325. The highest BCUT2D eigenvalue weighted by molar-refractivity contribution is 7.80. The van der Waals surface area contributed by atoms with E-state index in [0.717, 1.165) is 0 Å². The molecule has 0 rings (SSSR count). The summed E-state index contributed by atoms with van der Waals surface area (Å²) < 4.78 is 0. The monoisotopic (exact) mass is 110 g/mol. The van der Waals surface area contributed by atoms with Crippen molar-refractivity contribution in [1.82, 2.24) is 0 Å². The van der Waals surface area contributed by atoms with Crippen LogP contribution < -0.4 is 0 Å². The van der Waals surface area contributed by atoms with Gasteiger partial charge in [0.15, 0.2) is 6.29 Å². The number of aliphatic hydroxyl groups is 1. The van der Waals surface area contributed by atoms with Crippen LogP contribution in [0.25, 0.3) is 0 Å². The molecule has 0 amide bonds. The zero-order chi connectivity index (χ0) is 4.99. The molecule has 0 saturated heterocycles. The Labute approximate surface area is 40.9 Å². The highest BCUT2D eigenvalue weighted by Crippen LogP contribution is 1.83. The Bertz CT molecular complexity index is 28.0. The van der Waals surface area contributed by atoms with Crippen LogP contribution in [-0.4, -0.2) is 22.4 Å². The first-order valence-corrected chi connectivity index (χ1v) is 2.03. The number of aliphatic hydroxyl groups excluding tert-OH is 1. The normalized spacial score (nSPS) is 14.5. The van der Waals surface area contributed by atoms with Crippen LogP contribution in [0.2, 0.25) is 0 Å². The lowest BCUT2D eigenvalue weighted by Crippen LogP contribution is -2.09. The second-order valence-electron chi connectivity index (χ2n) is 0.743. The topological polar surface area (TPSA) is 49.7 Å². The van der Waals surface area contributed by atoms with E-state index in [-0.39, 0.29) is 5.75 Å². The van der Waals surface area contributed by atoms with Crippen LogP contribution in [0, 0.1) is 0 Å². The fourth-order valence-corrected chi connectivity index (χ4v) is 0.100. The van der Waals surface area contributed by atoms with Crippen molar-refractivity contribution in [3.63, 3.8) is 0 Å². The molecular weight excluding hydrogens is 104 g/mol. The fourth-order valence-electron chi connectivity index (χ4n) is 0.0333. The van der Waals surface area contributed by atoms with E-state index >= 15 is 0 Å². The Hall–Kier alpha value is 0.230. The van der Waals surface area contributed by atoms with Crippen LogP contribution in [-0.2, 0) is 4.89 Å². The molecule has 0 heterocycles. The first kappa shape index (κ1) is 6.23. The number of hydrogen-bond donors (Lipinski definition) is 3. The van der Waals surface area contributed by atoms with E-state index < -0.39 is 6.29 Å². The van der Waals surface area contributed by atoms with E-state index in [1.165, 1.54) is 0 Å². The smallest absolute Gasteiger partial charge is 0.197 e. The SMILES string of the molecule is OOC(O)CS. The molecule has 0 aliphatic rings. The van der Waals surface area contributed by atoms with Crippen molar-refractivity contribution in [1.29, 1.82) is 0 Å². The van der Waals surface area contributed by atoms with E-state index in [4.69, 9.17) is 10.4 Å². The van der Waals surface area contributed by atoms with Gasteiger partial charge in [0.05, 0.1) is 0 Å². The number of rotatable bonds is 2. The van der Waals surface area contributed by atoms with Gasteiger partial charge in [-0.2, -0.15) is 12.6 Å². The Morgan fingerprint density at radius 2 is 2.33 bits per heavy atom. The summed E-state index contributed by atoms with van der Waals surface area (Å²) in [6.07, 6.45) is -1.15. The van der Waals surface area contributed by atoms with Crippen LogP contribution >= 0.6 is 12.6 Å². The summed E-state index contributed by atoms with van der Waals surface area (Å²) in [7, 11) is 0. The standard InChI is InChI=1S/C2H6O3S/c3-2(1-6)5-4/h2-4,6H,1H2. The predicted molar refractivity (Wildman–Crippen MR) is 23.6 cm³/mol. The zero-order valence-electron chi connectivity index (χ0n) is 3.03. The molecule has 0 aliphatic heterocycles. The maximum atomic E-state index is 8.12. The summed E-state index contributed by atoms with van der Waals surface area (Å²) in [5, 5.41) is 15.7. The van der Waals surface area contributed by atoms with Gasteiger partial charge in [0.25, 0.3) is 0 Å². The maximum absolute atomic E-state index is 8.12. The van der Waals surface area contributed by atoms with Crippen LogP contribution in [0.4, 0.5) is 0 Å². The van der Waals surface area contributed by atoms with Gasteiger partial charge in [0.1, 0.15) is 0 Å². The third-order valence-electron chi connectivity index (χ3n) is 0.278. The van der Waals surface area contributed by atoms with Gasteiger partial charge in [-0.3, -0.25) is 0 Å².